The van der Waals surface area contributed by atoms with Gasteiger partial charge in [-0.25, -0.2) is 12.7 Å². The van der Waals surface area contributed by atoms with Gasteiger partial charge in [-0.15, -0.1) is 0 Å². The van der Waals surface area contributed by atoms with Crippen molar-refractivity contribution in [2.75, 3.05) is 7.11 Å². The number of nitrogens with zero attached hydrogens (tertiary/aromatic N) is 2. The van der Waals surface area contributed by atoms with Gasteiger partial charge >= 0.3 is 5.69 Å². The molecule has 0 saturated heterocycles. The number of fused-ring (bicyclic) bond motifs is 1. The van der Waals surface area contributed by atoms with Crippen LogP contribution < -0.4 is 4.74 Å². The predicted octanol–water partition coefficient (Wildman–Crippen LogP) is 1.95. The molecule has 0 aliphatic carbocycles. The van der Waals surface area contributed by atoms with Gasteiger partial charge in [-0.1, -0.05) is 18.2 Å². The first-order valence-electron chi connectivity index (χ1n) is 6.83. The fourth-order valence-electron chi connectivity index (χ4n) is 2.53. The Morgan fingerprint density at radius 2 is 1.92 bits per heavy atom. The van der Waals surface area contributed by atoms with Crippen molar-refractivity contribution in [1.82, 2.24) is 4.31 Å². The number of hydrogen-bond acceptors (Lipinski definition) is 6. The Kier molecular flexibility index (Phi) is 3.72. The van der Waals surface area contributed by atoms with E-state index in [1.165, 1.54) is 43.5 Å². The van der Waals surface area contributed by atoms with E-state index in [1.54, 1.807) is 6.07 Å². The largest absolute Gasteiger partial charge is 0.490 e. The van der Waals surface area contributed by atoms with E-state index in [1.807, 2.05) is 0 Å². The van der Waals surface area contributed by atoms with Gasteiger partial charge in [0, 0.05) is 6.07 Å². The van der Waals surface area contributed by atoms with Crippen molar-refractivity contribution in [2.24, 2.45) is 0 Å². The fraction of sp³-hybridized carbons (Fsp3) is 0.133. The van der Waals surface area contributed by atoms with Gasteiger partial charge in [-0.3, -0.25) is 14.9 Å². The Morgan fingerprint density at radius 1 is 1.21 bits per heavy atom. The van der Waals surface area contributed by atoms with Crippen molar-refractivity contribution in [1.29, 1.82) is 0 Å². The van der Waals surface area contributed by atoms with Crippen molar-refractivity contribution in [3.8, 4) is 5.75 Å². The van der Waals surface area contributed by atoms with E-state index in [2.05, 4.69) is 0 Å². The zero-order chi connectivity index (χ0) is 17.5. The summed E-state index contributed by atoms with van der Waals surface area (Å²) in [7, 11) is -2.66. The van der Waals surface area contributed by atoms with Crippen LogP contribution in [0.25, 0.3) is 0 Å². The highest BCUT2D eigenvalue weighted by molar-refractivity contribution is 7.90. The van der Waals surface area contributed by atoms with Crippen molar-refractivity contribution < 1.29 is 22.9 Å². The van der Waals surface area contributed by atoms with Crippen LogP contribution in [0.5, 0.6) is 5.75 Å². The third-order valence-corrected chi connectivity index (χ3v) is 5.47. The van der Waals surface area contributed by atoms with E-state index in [-0.39, 0.29) is 28.4 Å². The molecule has 0 N–H and O–H groups in total. The van der Waals surface area contributed by atoms with Gasteiger partial charge in [0.25, 0.3) is 15.9 Å². The molecule has 2 aromatic carbocycles. The molecule has 8 nitrogen and oxygen atoms in total. The van der Waals surface area contributed by atoms with Crippen LogP contribution in [-0.4, -0.2) is 30.7 Å². The topological polar surface area (TPSA) is 107 Å². The molecule has 0 spiro atoms. The number of carbonyl (C=O) groups is 1. The summed E-state index contributed by atoms with van der Waals surface area (Å²) in [6.45, 7) is -0.291. The zero-order valence-corrected chi connectivity index (χ0v) is 13.3. The minimum absolute atomic E-state index is 0.0574. The van der Waals surface area contributed by atoms with Crippen molar-refractivity contribution in [2.45, 2.75) is 11.4 Å². The van der Waals surface area contributed by atoms with E-state index < -0.39 is 20.9 Å². The average Bonchev–Trinajstić information content (AvgIpc) is 2.76. The van der Waals surface area contributed by atoms with Crippen LogP contribution in [0.3, 0.4) is 0 Å². The molecule has 1 aliphatic rings. The highest BCUT2D eigenvalue weighted by atomic mass is 32.2. The van der Waals surface area contributed by atoms with Gasteiger partial charge in [0.15, 0.2) is 5.75 Å². The summed E-state index contributed by atoms with van der Waals surface area (Å²) in [5.41, 5.74) is 0.115. The summed E-state index contributed by atoms with van der Waals surface area (Å²) in [6, 6.07) is 9.96. The van der Waals surface area contributed by atoms with Crippen LogP contribution in [0.4, 0.5) is 5.69 Å². The minimum Gasteiger partial charge on any atom is -0.490 e. The first-order chi connectivity index (χ1) is 11.4. The summed E-state index contributed by atoms with van der Waals surface area (Å²) >= 11 is 0. The number of nitro groups is 1. The maximum Gasteiger partial charge on any atom is 0.311 e. The first-order valence-corrected chi connectivity index (χ1v) is 8.27. The Morgan fingerprint density at radius 3 is 2.54 bits per heavy atom. The Labute approximate surface area is 137 Å². The lowest BCUT2D eigenvalue weighted by Gasteiger charge is -2.15. The van der Waals surface area contributed by atoms with Gasteiger partial charge in [-0.05, 0) is 23.8 Å². The van der Waals surface area contributed by atoms with Crippen molar-refractivity contribution >= 4 is 21.6 Å². The van der Waals surface area contributed by atoms with Gasteiger partial charge in [0.2, 0.25) is 0 Å². The van der Waals surface area contributed by atoms with Crippen LogP contribution >= 0.6 is 0 Å². The third-order valence-electron chi connectivity index (χ3n) is 3.68. The number of carbonyl (C=O) groups excluding carboxylic acids is 1. The maximum atomic E-state index is 12.5. The lowest BCUT2D eigenvalue weighted by molar-refractivity contribution is -0.385. The number of ether oxygens (including phenoxy) is 1. The van der Waals surface area contributed by atoms with Crippen molar-refractivity contribution in [3.63, 3.8) is 0 Å². The van der Waals surface area contributed by atoms with E-state index in [0.29, 0.717) is 9.87 Å². The van der Waals surface area contributed by atoms with E-state index >= 15 is 0 Å². The van der Waals surface area contributed by atoms with Crippen LogP contribution in [0.15, 0.2) is 47.4 Å². The number of hydrogen-bond donors (Lipinski definition) is 0. The third kappa shape index (κ3) is 2.38. The summed E-state index contributed by atoms with van der Waals surface area (Å²) in [4.78, 5) is 22.7. The van der Waals surface area contributed by atoms with E-state index in [0.717, 1.165) is 0 Å². The zero-order valence-electron chi connectivity index (χ0n) is 12.5. The molecule has 24 heavy (non-hydrogen) atoms. The molecule has 1 heterocycles. The smallest absolute Gasteiger partial charge is 0.311 e. The molecule has 3 rings (SSSR count). The van der Waals surface area contributed by atoms with Crippen LogP contribution in [0.1, 0.15) is 15.9 Å². The molecule has 0 fully saturated rings. The predicted molar refractivity (Wildman–Crippen MR) is 83.1 cm³/mol. The summed E-state index contributed by atoms with van der Waals surface area (Å²) < 4.78 is 30.6. The normalized spacial score (nSPS) is 15.2. The number of nitro benzene ring substituents is 1. The second-order valence-electron chi connectivity index (χ2n) is 5.08. The Balaban J connectivity index is 2.00. The monoisotopic (exact) mass is 348 g/mol. The number of methoxy groups -OCH3 is 1. The maximum absolute atomic E-state index is 12.5. The summed E-state index contributed by atoms with van der Waals surface area (Å²) in [6.07, 6.45) is 0. The molecule has 0 saturated carbocycles. The molecule has 9 heteroatoms. The fourth-order valence-corrected chi connectivity index (χ4v) is 4.09. The molecule has 0 atom stereocenters. The van der Waals surface area contributed by atoms with Crippen molar-refractivity contribution in [3.05, 3.63) is 63.7 Å². The first kappa shape index (κ1) is 15.9. The lowest BCUT2D eigenvalue weighted by atomic mass is 10.1. The van der Waals surface area contributed by atoms with E-state index in [4.69, 9.17) is 4.74 Å². The van der Waals surface area contributed by atoms with Crippen LogP contribution in [-0.2, 0) is 16.6 Å². The molecule has 2 aromatic rings. The molecule has 0 aromatic heterocycles. The number of amides is 1. The Hall–Kier alpha value is -2.94. The van der Waals surface area contributed by atoms with Gasteiger partial charge in [0.05, 0.1) is 24.1 Å². The van der Waals surface area contributed by atoms with Gasteiger partial charge in [-0.2, -0.15) is 0 Å². The summed E-state index contributed by atoms with van der Waals surface area (Å²) in [5.74, 6) is -0.591. The average molecular weight is 348 g/mol. The molecular formula is C15H12N2O6S. The molecule has 124 valence electrons. The molecule has 1 aliphatic heterocycles. The second kappa shape index (κ2) is 5.60. The quantitative estimate of drug-likeness (QED) is 0.617. The minimum atomic E-state index is -3.96. The second-order valence-corrected chi connectivity index (χ2v) is 6.91. The molecule has 1 amide bonds. The van der Waals surface area contributed by atoms with E-state index in [9.17, 15) is 23.3 Å². The highest BCUT2D eigenvalue weighted by Crippen LogP contribution is 2.33. The van der Waals surface area contributed by atoms with Gasteiger partial charge in [0.1, 0.15) is 4.90 Å². The van der Waals surface area contributed by atoms with Gasteiger partial charge < -0.3 is 4.74 Å². The lowest BCUT2D eigenvalue weighted by Crippen LogP contribution is -2.29. The molecule has 0 bridgehead atoms. The summed E-state index contributed by atoms with van der Waals surface area (Å²) in [5, 5.41) is 11.1. The van der Waals surface area contributed by atoms with Crippen LogP contribution in [0.2, 0.25) is 0 Å². The number of sulfonamides is 1. The van der Waals surface area contributed by atoms with Crippen LogP contribution in [0, 0.1) is 10.1 Å². The number of benzene rings is 2. The Bertz CT molecular complexity index is 954. The molecular weight excluding hydrogens is 336 g/mol. The number of rotatable bonds is 4. The molecule has 0 unspecified atom stereocenters. The standard InChI is InChI=1S/C15H12N2O6S/c1-23-13-7-6-10(8-12(13)17(19)20)9-16-15(18)11-4-2-3-5-14(11)24(16,21)22/h2-8H,9H2,1H3. The molecule has 0 radical (unpaired) electrons. The SMILES string of the molecule is COc1ccc(CN2C(=O)c3ccccc3S2(=O)=O)cc1[N+](=O)[O-]. The highest BCUT2D eigenvalue weighted by Gasteiger charge is 2.40.